The number of nitrogens with zero attached hydrogens (tertiary/aromatic N) is 9. The van der Waals surface area contributed by atoms with Crippen LogP contribution in [0.5, 0.6) is 0 Å². The van der Waals surface area contributed by atoms with Crippen LogP contribution in [-0.2, 0) is 0 Å². The van der Waals surface area contributed by atoms with Gasteiger partial charge >= 0.3 is 0 Å². The van der Waals surface area contributed by atoms with Crippen LogP contribution in [0.4, 0.5) is 0 Å². The van der Waals surface area contributed by atoms with E-state index in [1.165, 1.54) is 0 Å². The molecule has 0 saturated carbocycles. The van der Waals surface area contributed by atoms with Crippen molar-refractivity contribution in [1.29, 1.82) is 0 Å². The summed E-state index contributed by atoms with van der Waals surface area (Å²) in [6, 6.07) is 47.9. The Balaban J connectivity index is 0.000000112. The minimum atomic E-state index is 0.880. The zero-order valence-electron chi connectivity index (χ0n) is 33.6. The summed E-state index contributed by atoms with van der Waals surface area (Å²) < 4.78 is 0. The van der Waals surface area contributed by atoms with E-state index in [9.17, 15) is 0 Å². The van der Waals surface area contributed by atoms with Gasteiger partial charge in [0.25, 0.3) is 0 Å². The van der Waals surface area contributed by atoms with Crippen molar-refractivity contribution in [3.63, 3.8) is 0 Å². The third kappa shape index (κ3) is 7.90. The van der Waals surface area contributed by atoms with Crippen molar-refractivity contribution in [2.24, 2.45) is 0 Å². The Morgan fingerprint density at radius 1 is 0.254 bits per heavy atom. The summed E-state index contributed by atoms with van der Waals surface area (Å²) in [4.78, 5) is 26.4. The number of para-hydroxylation sites is 3. The van der Waals surface area contributed by atoms with Crippen molar-refractivity contribution in [3.05, 3.63) is 201 Å². The highest BCUT2D eigenvalue weighted by Gasteiger charge is 2.16. The smallest absolute Gasteiger partial charge is 0.0913 e. The first kappa shape index (κ1) is 38.2. The fourth-order valence-corrected chi connectivity index (χ4v) is 7.58. The second-order valence-corrected chi connectivity index (χ2v) is 14.2. The van der Waals surface area contributed by atoms with Gasteiger partial charge in [0.05, 0.1) is 69.3 Å². The Labute approximate surface area is 360 Å². The highest BCUT2D eigenvalue weighted by molar-refractivity contribution is 5.99. The molecule has 0 unspecified atom stereocenters. The first-order valence-electron chi connectivity index (χ1n) is 20.2. The van der Waals surface area contributed by atoms with E-state index in [0.29, 0.717) is 0 Å². The summed E-state index contributed by atoms with van der Waals surface area (Å²) in [6.45, 7) is 0. The van der Waals surface area contributed by atoms with Crippen LogP contribution >= 0.6 is 0 Å². The molecule has 0 saturated heterocycles. The minimum Gasteiger partial charge on any atom is -0.276 e. The van der Waals surface area contributed by atoms with Gasteiger partial charge in [0, 0.05) is 70.0 Å². The average molecular weight is 817 g/mol. The number of rotatable bonds is 6. The molecular weight excluding hydrogens is 781 g/mol. The zero-order valence-corrected chi connectivity index (χ0v) is 33.6. The Morgan fingerprint density at radius 2 is 0.556 bits per heavy atom. The molecule has 0 fully saturated rings. The van der Waals surface area contributed by atoms with Gasteiger partial charge in [-0.05, 0) is 89.5 Å². The number of fused-ring (bicyclic) bond motifs is 3. The van der Waals surface area contributed by atoms with Crippen molar-refractivity contribution in [3.8, 4) is 67.5 Å². The molecule has 0 spiro atoms. The first-order chi connectivity index (χ1) is 31.3. The van der Waals surface area contributed by atoms with Gasteiger partial charge < -0.3 is 0 Å². The van der Waals surface area contributed by atoms with Crippen molar-refractivity contribution in [1.82, 2.24) is 60.5 Å². The van der Waals surface area contributed by atoms with Crippen molar-refractivity contribution in [2.45, 2.75) is 0 Å². The maximum absolute atomic E-state index is 4.41. The molecule has 12 rings (SSSR count). The predicted molar refractivity (Wildman–Crippen MR) is 248 cm³/mol. The maximum Gasteiger partial charge on any atom is 0.0913 e. The SMILES string of the molecule is c1ccc(-c2[nH]ncc2-c2ccnc3ccccc23)nc1.c1ccc(-c2[nH]ncc2-c2ccnc3ccccc23)nc1.c1ccc(-c2[nH]ncc2-c2ccnc3ccccc23)nc1. The van der Waals surface area contributed by atoms with E-state index in [-0.39, 0.29) is 0 Å². The molecule has 300 valence electrons. The van der Waals surface area contributed by atoms with Crippen LogP contribution in [-0.4, -0.2) is 60.5 Å². The van der Waals surface area contributed by atoms with Crippen molar-refractivity contribution >= 4 is 32.7 Å². The van der Waals surface area contributed by atoms with Gasteiger partial charge in [-0.1, -0.05) is 72.8 Å². The molecule has 0 bridgehead atoms. The van der Waals surface area contributed by atoms with Gasteiger partial charge in [-0.15, -0.1) is 0 Å². The highest BCUT2D eigenvalue weighted by atomic mass is 15.1. The lowest BCUT2D eigenvalue weighted by Crippen LogP contribution is -1.88. The molecule has 9 aromatic heterocycles. The number of hydrogen-bond acceptors (Lipinski definition) is 9. The first-order valence-corrected chi connectivity index (χ1v) is 20.2. The molecule has 0 aliphatic heterocycles. The van der Waals surface area contributed by atoms with E-state index >= 15 is 0 Å². The summed E-state index contributed by atoms with van der Waals surface area (Å²) >= 11 is 0. The number of nitrogens with one attached hydrogen (secondary N) is 3. The molecule has 0 amide bonds. The van der Waals surface area contributed by atoms with Crippen LogP contribution in [0, 0.1) is 0 Å². The minimum absolute atomic E-state index is 0.880. The number of hydrogen-bond donors (Lipinski definition) is 3. The molecule has 63 heavy (non-hydrogen) atoms. The summed E-state index contributed by atoms with van der Waals surface area (Å²) in [6.07, 6.45) is 16.3. The third-order valence-electron chi connectivity index (χ3n) is 10.5. The zero-order chi connectivity index (χ0) is 42.2. The molecule has 3 aromatic carbocycles. The number of aromatic nitrogens is 12. The summed E-state index contributed by atoms with van der Waals surface area (Å²) in [5.74, 6) is 0. The van der Waals surface area contributed by atoms with Crippen LogP contribution in [0.3, 0.4) is 0 Å². The predicted octanol–water partition coefficient (Wildman–Crippen LogP) is 11.1. The van der Waals surface area contributed by atoms with Crippen LogP contribution in [0.15, 0.2) is 201 Å². The van der Waals surface area contributed by atoms with Gasteiger partial charge in [-0.25, -0.2) is 0 Å². The second kappa shape index (κ2) is 17.7. The molecule has 12 nitrogen and oxygen atoms in total. The number of pyridine rings is 6. The van der Waals surface area contributed by atoms with Gasteiger partial charge in [0.1, 0.15) is 0 Å². The lowest BCUT2D eigenvalue weighted by Gasteiger charge is -2.06. The third-order valence-corrected chi connectivity index (χ3v) is 10.5. The van der Waals surface area contributed by atoms with Crippen LogP contribution < -0.4 is 0 Å². The fraction of sp³-hybridized carbons (Fsp3) is 0. The van der Waals surface area contributed by atoms with Gasteiger partial charge in [0.15, 0.2) is 0 Å². The van der Waals surface area contributed by atoms with E-state index in [2.05, 4.69) is 78.7 Å². The van der Waals surface area contributed by atoms with E-state index < -0.39 is 0 Å². The Hall–Kier alpha value is -9.03. The normalized spacial score (nSPS) is 10.9. The Bertz CT molecular complexity index is 3040. The molecule has 0 aliphatic carbocycles. The number of aromatic amines is 3. The summed E-state index contributed by atoms with van der Waals surface area (Å²) in [7, 11) is 0. The number of benzene rings is 3. The van der Waals surface area contributed by atoms with Crippen LogP contribution in [0.2, 0.25) is 0 Å². The highest BCUT2D eigenvalue weighted by Crippen LogP contribution is 2.36. The molecule has 0 radical (unpaired) electrons. The largest absolute Gasteiger partial charge is 0.276 e. The molecule has 3 N–H and O–H groups in total. The molecule has 9 heterocycles. The molecule has 0 atom stereocenters. The molecule has 12 heteroatoms. The van der Waals surface area contributed by atoms with Crippen LogP contribution in [0.25, 0.3) is 100 Å². The van der Waals surface area contributed by atoms with E-state index in [1.807, 2.05) is 165 Å². The van der Waals surface area contributed by atoms with Crippen LogP contribution in [0.1, 0.15) is 0 Å². The molecule has 12 aromatic rings. The van der Waals surface area contributed by atoms with Crippen molar-refractivity contribution in [2.75, 3.05) is 0 Å². The lowest BCUT2D eigenvalue weighted by molar-refractivity contribution is 1.09. The van der Waals surface area contributed by atoms with Gasteiger partial charge in [-0.3, -0.25) is 45.2 Å². The van der Waals surface area contributed by atoms with E-state index in [0.717, 1.165) is 100 Å². The Morgan fingerprint density at radius 3 is 0.857 bits per heavy atom. The maximum atomic E-state index is 4.41. The average Bonchev–Trinajstić information content (AvgIpc) is 4.18. The number of H-pyrrole nitrogens is 3. The molecular formula is C51H36N12. The van der Waals surface area contributed by atoms with Gasteiger partial charge in [-0.2, -0.15) is 15.3 Å². The topological polar surface area (TPSA) is 163 Å². The second-order valence-electron chi connectivity index (χ2n) is 14.2. The van der Waals surface area contributed by atoms with E-state index in [4.69, 9.17) is 0 Å². The quantitative estimate of drug-likeness (QED) is 0.148. The summed E-state index contributed by atoms with van der Waals surface area (Å²) in [5, 5.41) is 25.1. The molecule has 0 aliphatic rings. The monoisotopic (exact) mass is 816 g/mol. The Kier molecular flexibility index (Phi) is 10.7. The standard InChI is InChI=1S/3C17H12N4/c3*1-2-6-15-13(5-1)12(8-10-19-15)14-11-20-21-17(14)16-7-3-4-9-18-16/h3*1-11H,(H,20,21). The van der Waals surface area contributed by atoms with Crippen molar-refractivity contribution < 1.29 is 0 Å². The lowest BCUT2D eigenvalue weighted by atomic mass is 10.0. The fourth-order valence-electron chi connectivity index (χ4n) is 7.58. The van der Waals surface area contributed by atoms with Gasteiger partial charge in [0.2, 0.25) is 0 Å². The van der Waals surface area contributed by atoms with E-state index in [1.54, 1.807) is 18.6 Å². The summed E-state index contributed by atoms with van der Waals surface area (Å²) in [5.41, 5.74) is 14.8.